The highest BCUT2D eigenvalue weighted by atomic mass is 32.2. The van der Waals surface area contributed by atoms with Crippen LogP contribution in [0, 0.1) is 25.7 Å². The summed E-state index contributed by atoms with van der Waals surface area (Å²) in [7, 11) is -3.36. The van der Waals surface area contributed by atoms with E-state index in [1.807, 2.05) is 32.9 Å². The molecule has 4 atom stereocenters. The van der Waals surface area contributed by atoms with Gasteiger partial charge in [-0.2, -0.15) is 0 Å². The van der Waals surface area contributed by atoms with Crippen molar-refractivity contribution in [1.29, 1.82) is 0 Å². The topological polar surface area (TPSA) is 60.2 Å². The van der Waals surface area contributed by atoms with E-state index >= 15 is 0 Å². The highest BCUT2D eigenvalue weighted by Gasteiger charge is 2.41. The van der Waals surface area contributed by atoms with E-state index in [0.29, 0.717) is 10.8 Å². The van der Waals surface area contributed by atoms with Crippen molar-refractivity contribution in [2.45, 2.75) is 56.7 Å². The van der Waals surface area contributed by atoms with E-state index in [1.54, 1.807) is 6.07 Å². The minimum atomic E-state index is -3.36. The zero-order valence-electron chi connectivity index (χ0n) is 12.8. The molecule has 0 bridgehead atoms. The fourth-order valence-corrected chi connectivity index (χ4v) is 6.04. The highest BCUT2D eigenvalue weighted by Crippen LogP contribution is 2.36. The predicted molar refractivity (Wildman–Crippen MR) is 82.4 cm³/mol. The molecular formula is C16H25NO2S. The van der Waals surface area contributed by atoms with Crippen LogP contribution in [0.25, 0.3) is 0 Å². The smallest absolute Gasteiger partial charge is 0.183 e. The van der Waals surface area contributed by atoms with E-state index in [0.717, 1.165) is 24.0 Å². The van der Waals surface area contributed by atoms with Gasteiger partial charge in [0.05, 0.1) is 10.1 Å². The average Bonchev–Trinajstić information content (AvgIpc) is 2.30. The summed E-state index contributed by atoms with van der Waals surface area (Å²) in [6.45, 7) is 7.94. The minimum Gasteiger partial charge on any atom is -0.326 e. The van der Waals surface area contributed by atoms with Crippen LogP contribution in [0.5, 0.6) is 0 Å². The lowest BCUT2D eigenvalue weighted by atomic mass is 9.80. The summed E-state index contributed by atoms with van der Waals surface area (Å²) in [4.78, 5) is 0.458. The number of sulfone groups is 1. The first-order valence-corrected chi connectivity index (χ1v) is 8.85. The lowest BCUT2D eigenvalue weighted by Crippen LogP contribution is -2.49. The second-order valence-electron chi connectivity index (χ2n) is 6.50. The number of hydrogen-bond acceptors (Lipinski definition) is 3. The number of nitrogens with two attached hydrogens (primary N) is 1. The molecule has 0 aliphatic heterocycles. The van der Waals surface area contributed by atoms with Gasteiger partial charge in [-0.3, -0.25) is 0 Å². The fraction of sp³-hybridized carbons (Fsp3) is 0.625. The van der Waals surface area contributed by atoms with Crippen LogP contribution in [0.3, 0.4) is 0 Å². The molecule has 20 heavy (non-hydrogen) atoms. The molecule has 1 saturated carbocycles. The van der Waals surface area contributed by atoms with E-state index in [1.165, 1.54) is 0 Å². The Balaban J connectivity index is 2.46. The lowest BCUT2D eigenvalue weighted by molar-refractivity contribution is 0.271. The lowest BCUT2D eigenvalue weighted by Gasteiger charge is -2.37. The van der Waals surface area contributed by atoms with Crippen LogP contribution >= 0.6 is 0 Å². The molecule has 1 aliphatic rings. The largest absolute Gasteiger partial charge is 0.326 e. The summed E-state index contributed by atoms with van der Waals surface area (Å²) in [5.41, 5.74) is 7.98. The van der Waals surface area contributed by atoms with E-state index in [2.05, 4.69) is 6.92 Å². The van der Waals surface area contributed by atoms with Gasteiger partial charge in [0.2, 0.25) is 0 Å². The maximum atomic E-state index is 13.0. The molecule has 0 spiro atoms. The Labute approximate surface area is 122 Å². The first-order valence-electron chi connectivity index (χ1n) is 7.30. The zero-order chi connectivity index (χ0) is 15.1. The van der Waals surface area contributed by atoms with Crippen molar-refractivity contribution in [3.63, 3.8) is 0 Å². The fourth-order valence-electron chi connectivity index (χ4n) is 3.58. The molecule has 2 N–H and O–H groups in total. The zero-order valence-corrected chi connectivity index (χ0v) is 13.6. The molecule has 3 nitrogen and oxygen atoms in total. The van der Waals surface area contributed by atoms with Gasteiger partial charge in [0.15, 0.2) is 9.84 Å². The Bertz CT molecular complexity index is 582. The van der Waals surface area contributed by atoms with Gasteiger partial charge in [-0.1, -0.05) is 26.0 Å². The summed E-state index contributed by atoms with van der Waals surface area (Å²) < 4.78 is 26.0. The minimum absolute atomic E-state index is 0.110. The Morgan fingerprint density at radius 1 is 1.15 bits per heavy atom. The summed E-state index contributed by atoms with van der Waals surface area (Å²) in [5, 5.41) is -0.459. The van der Waals surface area contributed by atoms with Crippen LogP contribution < -0.4 is 5.73 Å². The molecule has 0 saturated heterocycles. The van der Waals surface area contributed by atoms with Crippen LogP contribution in [0.1, 0.15) is 37.8 Å². The van der Waals surface area contributed by atoms with Crippen LogP contribution in [0.4, 0.5) is 0 Å². The molecule has 1 aliphatic carbocycles. The van der Waals surface area contributed by atoms with Crippen molar-refractivity contribution in [2.24, 2.45) is 17.6 Å². The SMILES string of the molecule is Cc1ccc(C)c(S(=O)(=O)C2C(C)CC(C)CC2N)c1. The summed E-state index contributed by atoms with van der Waals surface area (Å²) in [5.74, 6) is 0.615. The standard InChI is InChI=1S/C16H25NO2S/c1-10-5-6-12(3)15(9-10)20(18,19)16-13(4)7-11(2)8-14(16)17/h5-6,9,11,13-14,16H,7-8,17H2,1-4H3. The Kier molecular flexibility index (Phi) is 4.26. The molecule has 4 heteroatoms. The molecule has 0 heterocycles. The predicted octanol–water partition coefficient (Wildman–Crippen LogP) is 2.84. The summed E-state index contributed by atoms with van der Waals surface area (Å²) >= 11 is 0. The molecule has 1 aromatic rings. The van der Waals surface area contributed by atoms with Gasteiger partial charge in [0.1, 0.15) is 0 Å². The van der Waals surface area contributed by atoms with Crippen molar-refractivity contribution in [1.82, 2.24) is 0 Å². The molecule has 0 aromatic heterocycles. The van der Waals surface area contributed by atoms with Crippen LogP contribution in [0.2, 0.25) is 0 Å². The second-order valence-corrected chi connectivity index (χ2v) is 8.57. The quantitative estimate of drug-likeness (QED) is 0.912. The first kappa shape index (κ1) is 15.5. The number of benzene rings is 1. The number of rotatable bonds is 2. The molecule has 112 valence electrons. The second kappa shape index (κ2) is 5.49. The molecule has 2 rings (SSSR count). The first-order chi connectivity index (χ1) is 9.23. The van der Waals surface area contributed by atoms with E-state index in [9.17, 15) is 8.42 Å². The molecule has 1 fully saturated rings. The van der Waals surface area contributed by atoms with Gasteiger partial charge >= 0.3 is 0 Å². The third kappa shape index (κ3) is 2.77. The normalized spacial score (nSPS) is 31.2. The Morgan fingerprint density at radius 2 is 1.80 bits per heavy atom. The number of aryl methyl sites for hydroxylation is 2. The average molecular weight is 295 g/mol. The van der Waals surface area contributed by atoms with Crippen LogP contribution in [-0.4, -0.2) is 19.7 Å². The molecule has 0 amide bonds. The summed E-state index contributed by atoms with van der Waals surface area (Å²) in [6, 6.07) is 5.34. The van der Waals surface area contributed by atoms with Crippen molar-refractivity contribution < 1.29 is 8.42 Å². The third-order valence-electron chi connectivity index (χ3n) is 4.44. The van der Waals surface area contributed by atoms with E-state index in [-0.39, 0.29) is 12.0 Å². The molecular weight excluding hydrogens is 270 g/mol. The molecule has 0 radical (unpaired) electrons. The van der Waals surface area contributed by atoms with Crippen LogP contribution in [-0.2, 0) is 9.84 Å². The molecule has 1 aromatic carbocycles. The number of hydrogen-bond donors (Lipinski definition) is 1. The highest BCUT2D eigenvalue weighted by molar-refractivity contribution is 7.92. The van der Waals surface area contributed by atoms with Gasteiger partial charge < -0.3 is 5.73 Å². The van der Waals surface area contributed by atoms with Gasteiger partial charge in [-0.05, 0) is 55.7 Å². The molecule has 4 unspecified atom stereocenters. The van der Waals surface area contributed by atoms with Crippen molar-refractivity contribution in [3.05, 3.63) is 29.3 Å². The Hall–Kier alpha value is -0.870. The summed E-state index contributed by atoms with van der Waals surface area (Å²) in [6.07, 6.45) is 1.72. The van der Waals surface area contributed by atoms with E-state index in [4.69, 9.17) is 5.73 Å². The van der Waals surface area contributed by atoms with Gasteiger partial charge in [-0.15, -0.1) is 0 Å². The van der Waals surface area contributed by atoms with Crippen molar-refractivity contribution in [2.75, 3.05) is 0 Å². The van der Waals surface area contributed by atoms with E-state index < -0.39 is 15.1 Å². The maximum Gasteiger partial charge on any atom is 0.183 e. The Morgan fingerprint density at radius 3 is 2.40 bits per heavy atom. The monoisotopic (exact) mass is 295 g/mol. The van der Waals surface area contributed by atoms with Crippen molar-refractivity contribution in [3.8, 4) is 0 Å². The van der Waals surface area contributed by atoms with Gasteiger partial charge in [-0.25, -0.2) is 8.42 Å². The van der Waals surface area contributed by atoms with Crippen LogP contribution in [0.15, 0.2) is 23.1 Å². The third-order valence-corrected chi connectivity index (χ3v) is 7.02. The van der Waals surface area contributed by atoms with Gasteiger partial charge in [0.25, 0.3) is 0 Å². The van der Waals surface area contributed by atoms with Crippen molar-refractivity contribution >= 4 is 9.84 Å². The van der Waals surface area contributed by atoms with Gasteiger partial charge in [0, 0.05) is 6.04 Å². The maximum absolute atomic E-state index is 13.0.